The first-order chi connectivity index (χ1) is 11.1. The van der Waals surface area contributed by atoms with Crippen molar-refractivity contribution in [2.24, 2.45) is 0 Å². The lowest BCUT2D eigenvalue weighted by molar-refractivity contribution is 0.140. The van der Waals surface area contributed by atoms with Gasteiger partial charge in [0.1, 0.15) is 6.61 Å². The Morgan fingerprint density at radius 1 is 1.17 bits per heavy atom. The number of ether oxygens (including phenoxy) is 1. The lowest BCUT2D eigenvalue weighted by Crippen LogP contribution is -2.24. The van der Waals surface area contributed by atoms with Gasteiger partial charge in [0.2, 0.25) is 0 Å². The summed E-state index contributed by atoms with van der Waals surface area (Å²) >= 11 is 0. The number of hydrogen-bond donors (Lipinski definition) is 1. The third-order valence-electron chi connectivity index (χ3n) is 3.21. The Balaban J connectivity index is 1.66. The minimum atomic E-state index is -0.391. The van der Waals surface area contributed by atoms with Crippen molar-refractivity contribution in [3.8, 4) is 0 Å². The number of carbonyl (C=O) groups excluding carboxylic acids is 1. The summed E-state index contributed by atoms with van der Waals surface area (Å²) in [5.41, 5.74) is 4.12. The van der Waals surface area contributed by atoms with Gasteiger partial charge >= 0.3 is 6.09 Å². The van der Waals surface area contributed by atoms with Crippen molar-refractivity contribution < 1.29 is 9.53 Å². The largest absolute Gasteiger partial charge is 0.445 e. The van der Waals surface area contributed by atoms with Gasteiger partial charge in [-0.3, -0.25) is 4.98 Å². The zero-order valence-electron chi connectivity index (χ0n) is 13.6. The average molecular weight is 310 g/mol. The number of amides is 1. The Bertz CT molecular complexity index is 646. The van der Waals surface area contributed by atoms with Crippen molar-refractivity contribution in [1.82, 2.24) is 10.3 Å². The number of hydrogen-bond acceptors (Lipinski definition) is 3. The molecular weight excluding hydrogens is 288 g/mol. The highest BCUT2D eigenvalue weighted by molar-refractivity contribution is 5.67. The second-order valence-electron chi connectivity index (χ2n) is 5.36. The average Bonchev–Trinajstić information content (AvgIpc) is 2.53. The van der Waals surface area contributed by atoms with Crippen LogP contribution >= 0.6 is 0 Å². The Kier molecular flexibility index (Phi) is 6.36. The van der Waals surface area contributed by atoms with Gasteiger partial charge in [-0.1, -0.05) is 42.5 Å². The molecule has 23 heavy (non-hydrogen) atoms. The van der Waals surface area contributed by atoms with E-state index in [0.717, 1.165) is 28.9 Å². The molecule has 1 heterocycles. The summed E-state index contributed by atoms with van der Waals surface area (Å²) < 4.78 is 5.14. The molecule has 1 N–H and O–H groups in total. The van der Waals surface area contributed by atoms with E-state index >= 15 is 0 Å². The molecule has 0 saturated heterocycles. The van der Waals surface area contributed by atoms with E-state index in [4.69, 9.17) is 4.74 Å². The van der Waals surface area contributed by atoms with Crippen LogP contribution in [0.3, 0.4) is 0 Å². The highest BCUT2D eigenvalue weighted by atomic mass is 16.5. The van der Waals surface area contributed by atoms with Gasteiger partial charge in [0.25, 0.3) is 0 Å². The molecular formula is C19H22N2O2. The van der Waals surface area contributed by atoms with Gasteiger partial charge in [0.15, 0.2) is 0 Å². The number of pyridine rings is 1. The van der Waals surface area contributed by atoms with Crippen LogP contribution in [0.4, 0.5) is 4.79 Å². The number of aryl methyl sites for hydroxylation is 2. The highest BCUT2D eigenvalue weighted by Gasteiger charge is 2.00. The van der Waals surface area contributed by atoms with Crippen LogP contribution in [0.2, 0.25) is 0 Å². The Hall–Kier alpha value is -2.62. The van der Waals surface area contributed by atoms with E-state index in [1.54, 1.807) is 0 Å². The van der Waals surface area contributed by atoms with E-state index in [9.17, 15) is 4.79 Å². The molecule has 0 atom stereocenters. The fourth-order valence-electron chi connectivity index (χ4n) is 2.21. The summed E-state index contributed by atoms with van der Waals surface area (Å²) in [7, 11) is 0. The van der Waals surface area contributed by atoms with Gasteiger partial charge in [-0.05, 0) is 43.5 Å². The number of rotatable bonds is 6. The zero-order chi connectivity index (χ0) is 16.5. The molecule has 0 aliphatic rings. The van der Waals surface area contributed by atoms with Crippen LogP contribution in [0.15, 0.2) is 48.5 Å². The van der Waals surface area contributed by atoms with E-state index in [2.05, 4.69) is 10.3 Å². The van der Waals surface area contributed by atoms with E-state index in [1.807, 2.05) is 68.5 Å². The molecule has 1 amide bonds. The predicted octanol–water partition coefficient (Wildman–Crippen LogP) is 4.03. The lowest BCUT2D eigenvalue weighted by Gasteiger charge is -2.06. The fraction of sp³-hybridized carbons (Fsp3) is 0.263. The van der Waals surface area contributed by atoms with Crippen LogP contribution in [0, 0.1) is 13.8 Å². The third-order valence-corrected chi connectivity index (χ3v) is 3.21. The molecule has 120 valence electrons. The normalized spacial score (nSPS) is 10.7. The molecule has 0 aliphatic carbocycles. The minimum absolute atomic E-state index is 0.290. The van der Waals surface area contributed by atoms with E-state index in [0.29, 0.717) is 6.54 Å². The first-order valence-corrected chi connectivity index (χ1v) is 7.70. The van der Waals surface area contributed by atoms with E-state index in [1.165, 1.54) is 0 Å². The van der Waals surface area contributed by atoms with Crippen LogP contribution < -0.4 is 5.32 Å². The van der Waals surface area contributed by atoms with Gasteiger partial charge in [0, 0.05) is 17.9 Å². The molecule has 0 radical (unpaired) electrons. The van der Waals surface area contributed by atoms with Crippen LogP contribution in [0.5, 0.6) is 0 Å². The van der Waals surface area contributed by atoms with Crippen molar-refractivity contribution in [3.05, 3.63) is 71.1 Å². The second-order valence-corrected chi connectivity index (χ2v) is 5.36. The summed E-state index contributed by atoms with van der Waals surface area (Å²) in [6.45, 7) is 4.80. The van der Waals surface area contributed by atoms with Crippen molar-refractivity contribution in [2.45, 2.75) is 26.9 Å². The number of carbonyl (C=O) groups is 1. The predicted molar refractivity (Wildman–Crippen MR) is 92.0 cm³/mol. The number of aromatic nitrogens is 1. The number of alkyl carbamates (subject to hydrolysis) is 1. The maximum atomic E-state index is 11.6. The Morgan fingerprint density at radius 3 is 2.57 bits per heavy atom. The molecule has 1 aromatic heterocycles. The molecule has 4 nitrogen and oxygen atoms in total. The van der Waals surface area contributed by atoms with Crippen molar-refractivity contribution >= 4 is 12.2 Å². The molecule has 0 spiro atoms. The van der Waals surface area contributed by atoms with Crippen molar-refractivity contribution in [1.29, 1.82) is 0 Å². The Labute approximate surface area is 137 Å². The summed E-state index contributed by atoms with van der Waals surface area (Å²) in [5.74, 6) is 0. The van der Waals surface area contributed by atoms with Gasteiger partial charge in [0.05, 0.1) is 0 Å². The molecule has 0 bridgehead atoms. The monoisotopic (exact) mass is 310 g/mol. The molecule has 2 aromatic rings. The van der Waals surface area contributed by atoms with Gasteiger partial charge in [-0.15, -0.1) is 0 Å². The summed E-state index contributed by atoms with van der Waals surface area (Å²) in [6, 6.07) is 13.7. The zero-order valence-corrected chi connectivity index (χ0v) is 13.6. The van der Waals surface area contributed by atoms with Crippen LogP contribution in [-0.2, 0) is 11.3 Å². The second kappa shape index (κ2) is 8.73. The standard InChI is InChI=1S/C19H22N2O2/c1-15-12-18(13-16(2)21-15)10-6-7-11-20-19(22)23-14-17-8-4-3-5-9-17/h3-6,8-10,12-13H,7,11,14H2,1-2H3,(H,20,22). The summed E-state index contributed by atoms with van der Waals surface area (Å²) in [5, 5.41) is 2.74. The first kappa shape index (κ1) is 16.7. The van der Waals surface area contributed by atoms with Gasteiger partial charge < -0.3 is 10.1 Å². The topological polar surface area (TPSA) is 51.2 Å². The molecule has 2 rings (SSSR count). The molecule has 1 aromatic carbocycles. The number of benzene rings is 1. The maximum absolute atomic E-state index is 11.6. The fourth-order valence-corrected chi connectivity index (χ4v) is 2.21. The first-order valence-electron chi connectivity index (χ1n) is 7.70. The van der Waals surface area contributed by atoms with Gasteiger partial charge in [-0.25, -0.2) is 4.79 Å². The van der Waals surface area contributed by atoms with Crippen LogP contribution in [0.25, 0.3) is 6.08 Å². The van der Waals surface area contributed by atoms with Crippen molar-refractivity contribution in [3.63, 3.8) is 0 Å². The molecule has 0 saturated carbocycles. The third kappa shape index (κ3) is 6.34. The highest BCUT2D eigenvalue weighted by Crippen LogP contribution is 2.07. The van der Waals surface area contributed by atoms with E-state index < -0.39 is 6.09 Å². The lowest BCUT2D eigenvalue weighted by atomic mass is 10.2. The van der Waals surface area contributed by atoms with Crippen LogP contribution in [0.1, 0.15) is 28.9 Å². The molecule has 0 fully saturated rings. The Morgan fingerprint density at radius 2 is 1.87 bits per heavy atom. The SMILES string of the molecule is Cc1cc(C=CCCNC(=O)OCc2ccccc2)cc(C)n1. The quantitative estimate of drug-likeness (QED) is 0.820. The van der Waals surface area contributed by atoms with E-state index in [-0.39, 0.29) is 6.61 Å². The van der Waals surface area contributed by atoms with Crippen LogP contribution in [-0.4, -0.2) is 17.6 Å². The van der Waals surface area contributed by atoms with Gasteiger partial charge in [-0.2, -0.15) is 0 Å². The minimum Gasteiger partial charge on any atom is -0.445 e. The summed E-state index contributed by atoms with van der Waals surface area (Å²) in [4.78, 5) is 15.9. The van der Waals surface area contributed by atoms with Crippen molar-refractivity contribution in [2.75, 3.05) is 6.54 Å². The number of nitrogens with zero attached hydrogens (tertiary/aromatic N) is 1. The smallest absolute Gasteiger partial charge is 0.407 e. The maximum Gasteiger partial charge on any atom is 0.407 e. The summed E-state index contributed by atoms with van der Waals surface area (Å²) in [6.07, 6.45) is 4.43. The molecule has 4 heteroatoms. The molecule has 0 unspecified atom stereocenters. The number of nitrogens with one attached hydrogen (secondary N) is 1. The molecule has 0 aliphatic heterocycles.